The molecular formula is C25H20ClN3O3. The number of nitrogens with one attached hydrogen (secondary N) is 2. The third kappa shape index (κ3) is 4.13. The third-order valence-corrected chi connectivity index (χ3v) is 5.44. The molecule has 2 N–H and O–H groups in total. The van der Waals surface area contributed by atoms with Crippen LogP contribution < -0.4 is 15.5 Å². The second-order valence-electron chi connectivity index (χ2n) is 7.14. The van der Waals surface area contributed by atoms with Crippen LogP contribution in [0.4, 0.5) is 17.1 Å². The van der Waals surface area contributed by atoms with E-state index in [1.807, 2.05) is 37.3 Å². The Hall–Kier alpha value is -3.90. The fraction of sp³-hybridized carbons (Fsp3) is 0.0800. The van der Waals surface area contributed by atoms with E-state index in [4.69, 9.17) is 11.6 Å². The summed E-state index contributed by atoms with van der Waals surface area (Å²) in [4.78, 5) is 39.2. The number of imide groups is 1. The van der Waals surface area contributed by atoms with E-state index in [1.54, 1.807) is 48.5 Å². The number of para-hydroxylation sites is 2. The van der Waals surface area contributed by atoms with Gasteiger partial charge in [-0.3, -0.25) is 14.4 Å². The number of carbonyl (C=O) groups excluding carboxylic acids is 3. The normalized spacial score (nSPS) is 13.5. The fourth-order valence-electron chi connectivity index (χ4n) is 3.43. The first-order chi connectivity index (χ1) is 15.5. The smallest absolute Gasteiger partial charge is 0.283 e. The predicted octanol–water partition coefficient (Wildman–Crippen LogP) is 4.94. The molecule has 0 saturated heterocycles. The summed E-state index contributed by atoms with van der Waals surface area (Å²) in [5.41, 5.74) is 3.07. The third-order valence-electron chi connectivity index (χ3n) is 5.09. The molecule has 0 unspecified atom stereocenters. The van der Waals surface area contributed by atoms with Crippen molar-refractivity contribution in [3.05, 3.63) is 101 Å². The zero-order valence-electron chi connectivity index (χ0n) is 17.3. The Bertz CT molecular complexity index is 1220. The van der Waals surface area contributed by atoms with Crippen molar-refractivity contribution in [2.45, 2.75) is 13.3 Å². The van der Waals surface area contributed by atoms with E-state index in [9.17, 15) is 14.4 Å². The maximum Gasteiger partial charge on any atom is 0.283 e. The lowest BCUT2D eigenvalue weighted by molar-refractivity contribution is -0.120. The minimum absolute atomic E-state index is 0.00376. The number of rotatable bonds is 6. The molecule has 0 atom stereocenters. The Labute approximate surface area is 190 Å². The molecule has 0 aromatic heterocycles. The number of aryl methyl sites for hydroxylation is 1. The number of hydrogen-bond acceptors (Lipinski definition) is 4. The molecule has 3 aromatic carbocycles. The molecule has 1 aliphatic rings. The van der Waals surface area contributed by atoms with Crippen molar-refractivity contribution in [3.8, 4) is 0 Å². The van der Waals surface area contributed by atoms with Crippen LogP contribution in [0.15, 0.2) is 89.6 Å². The van der Waals surface area contributed by atoms with Crippen molar-refractivity contribution in [1.29, 1.82) is 0 Å². The number of benzene rings is 3. The highest BCUT2D eigenvalue weighted by Crippen LogP contribution is 2.32. The number of anilines is 3. The van der Waals surface area contributed by atoms with Gasteiger partial charge in [-0.15, -0.1) is 0 Å². The minimum atomic E-state index is -0.570. The molecule has 0 saturated carbocycles. The number of carbonyl (C=O) groups is 3. The van der Waals surface area contributed by atoms with Crippen LogP contribution in [0, 0.1) is 0 Å². The lowest BCUT2D eigenvalue weighted by atomic mass is 10.1. The molecule has 0 fully saturated rings. The lowest BCUT2D eigenvalue weighted by Gasteiger charge is -2.18. The summed E-state index contributed by atoms with van der Waals surface area (Å²) < 4.78 is 0. The van der Waals surface area contributed by atoms with Gasteiger partial charge in [0.1, 0.15) is 10.7 Å². The number of amides is 3. The Kier molecular flexibility index (Phi) is 6.05. The van der Waals surface area contributed by atoms with Crippen LogP contribution in [0.25, 0.3) is 0 Å². The van der Waals surface area contributed by atoms with Gasteiger partial charge < -0.3 is 10.6 Å². The molecule has 0 radical (unpaired) electrons. The molecule has 3 aromatic rings. The highest BCUT2D eigenvalue weighted by molar-refractivity contribution is 6.53. The van der Waals surface area contributed by atoms with Crippen LogP contribution in [-0.4, -0.2) is 17.7 Å². The molecule has 1 aliphatic heterocycles. The zero-order chi connectivity index (χ0) is 22.7. The predicted molar refractivity (Wildman–Crippen MR) is 126 cm³/mol. The Balaban J connectivity index is 1.51. The number of halogens is 1. The molecule has 4 rings (SSSR count). The van der Waals surface area contributed by atoms with Gasteiger partial charge in [0, 0.05) is 16.9 Å². The van der Waals surface area contributed by atoms with Gasteiger partial charge in [-0.05, 0) is 54.4 Å². The molecule has 32 heavy (non-hydrogen) atoms. The van der Waals surface area contributed by atoms with Gasteiger partial charge in [-0.25, -0.2) is 4.90 Å². The van der Waals surface area contributed by atoms with E-state index in [2.05, 4.69) is 10.6 Å². The van der Waals surface area contributed by atoms with Gasteiger partial charge in [-0.2, -0.15) is 0 Å². The zero-order valence-corrected chi connectivity index (χ0v) is 18.0. The summed E-state index contributed by atoms with van der Waals surface area (Å²) in [6.07, 6.45) is 0.667. The maximum absolute atomic E-state index is 13.0. The van der Waals surface area contributed by atoms with Crippen LogP contribution in [-0.2, 0) is 16.0 Å². The van der Waals surface area contributed by atoms with Gasteiger partial charge in [0.2, 0.25) is 0 Å². The van der Waals surface area contributed by atoms with Crippen molar-refractivity contribution in [1.82, 2.24) is 0 Å². The van der Waals surface area contributed by atoms with Crippen LogP contribution in [0.1, 0.15) is 22.8 Å². The van der Waals surface area contributed by atoms with Gasteiger partial charge >= 0.3 is 0 Å². The van der Waals surface area contributed by atoms with Gasteiger partial charge in [0.25, 0.3) is 17.7 Å². The second kappa shape index (κ2) is 9.08. The molecule has 3 amide bonds. The van der Waals surface area contributed by atoms with E-state index < -0.39 is 11.8 Å². The first kappa shape index (κ1) is 21.3. The van der Waals surface area contributed by atoms with Gasteiger partial charge in [0.05, 0.1) is 5.69 Å². The molecule has 0 bridgehead atoms. The molecule has 0 aliphatic carbocycles. The molecular weight excluding hydrogens is 426 g/mol. The van der Waals surface area contributed by atoms with Gasteiger partial charge in [-0.1, -0.05) is 54.9 Å². The summed E-state index contributed by atoms with van der Waals surface area (Å²) in [6.45, 7) is 1.95. The van der Waals surface area contributed by atoms with Crippen molar-refractivity contribution in [3.63, 3.8) is 0 Å². The van der Waals surface area contributed by atoms with Crippen molar-refractivity contribution in [2.75, 3.05) is 15.5 Å². The van der Waals surface area contributed by atoms with Gasteiger partial charge in [0.15, 0.2) is 0 Å². The van der Waals surface area contributed by atoms with Crippen LogP contribution in [0.5, 0.6) is 0 Å². The summed E-state index contributed by atoms with van der Waals surface area (Å²) in [5.74, 6) is -1.35. The summed E-state index contributed by atoms with van der Waals surface area (Å²) >= 11 is 6.23. The molecule has 160 valence electrons. The van der Waals surface area contributed by atoms with E-state index >= 15 is 0 Å². The first-order valence-corrected chi connectivity index (χ1v) is 10.5. The highest BCUT2D eigenvalue weighted by Gasteiger charge is 2.39. The van der Waals surface area contributed by atoms with Crippen molar-refractivity contribution in [2.24, 2.45) is 0 Å². The maximum atomic E-state index is 13.0. The van der Waals surface area contributed by atoms with E-state index in [0.29, 0.717) is 29.0 Å². The Morgan fingerprint density at radius 3 is 2.19 bits per heavy atom. The highest BCUT2D eigenvalue weighted by atomic mass is 35.5. The molecule has 6 nitrogen and oxygen atoms in total. The minimum Gasteiger partial charge on any atom is -0.350 e. The van der Waals surface area contributed by atoms with E-state index in [0.717, 1.165) is 10.5 Å². The number of nitrogens with zero attached hydrogens (tertiary/aromatic N) is 1. The lowest BCUT2D eigenvalue weighted by Crippen LogP contribution is -2.33. The number of hydrogen-bond donors (Lipinski definition) is 2. The van der Waals surface area contributed by atoms with Crippen LogP contribution in [0.2, 0.25) is 0 Å². The van der Waals surface area contributed by atoms with E-state index in [1.165, 1.54) is 0 Å². The summed E-state index contributed by atoms with van der Waals surface area (Å²) in [5, 5.41) is 5.56. The standard InChI is InChI=1S/C25H20ClN3O3/c1-2-16-8-6-7-11-20(16)29-24(31)21(26)22(25(29)32)27-19-14-12-17(13-15-19)23(30)28-18-9-4-3-5-10-18/h3-15,27H,2H2,1H3,(H,28,30). The molecule has 0 spiro atoms. The molecule has 7 heteroatoms. The average molecular weight is 446 g/mol. The SMILES string of the molecule is CCc1ccccc1N1C(=O)C(Cl)=C(Nc2ccc(C(=O)Nc3ccccc3)cc2)C1=O. The summed E-state index contributed by atoms with van der Waals surface area (Å²) in [6, 6.07) is 22.9. The van der Waals surface area contributed by atoms with Crippen LogP contribution >= 0.6 is 11.6 Å². The quantitative estimate of drug-likeness (QED) is 0.527. The topological polar surface area (TPSA) is 78.5 Å². The van der Waals surface area contributed by atoms with Crippen molar-refractivity contribution >= 4 is 46.4 Å². The summed E-state index contributed by atoms with van der Waals surface area (Å²) in [7, 11) is 0. The Morgan fingerprint density at radius 1 is 0.844 bits per heavy atom. The average Bonchev–Trinajstić information content (AvgIpc) is 3.03. The Morgan fingerprint density at radius 2 is 1.50 bits per heavy atom. The van der Waals surface area contributed by atoms with Crippen molar-refractivity contribution < 1.29 is 14.4 Å². The monoisotopic (exact) mass is 445 g/mol. The second-order valence-corrected chi connectivity index (χ2v) is 7.52. The fourth-order valence-corrected chi connectivity index (χ4v) is 3.64. The van der Waals surface area contributed by atoms with E-state index in [-0.39, 0.29) is 16.6 Å². The van der Waals surface area contributed by atoms with Crippen LogP contribution in [0.3, 0.4) is 0 Å². The largest absolute Gasteiger partial charge is 0.350 e. The first-order valence-electron chi connectivity index (χ1n) is 10.1. The molecule has 1 heterocycles.